The fourth-order valence-electron chi connectivity index (χ4n) is 3.01. The number of aromatic nitrogens is 1. The number of hydrogen-bond donors (Lipinski definition) is 1. The smallest absolute Gasteiger partial charge is 0.315 e. The van der Waals surface area contributed by atoms with E-state index in [0.717, 1.165) is 16.9 Å². The van der Waals surface area contributed by atoms with Crippen LogP contribution in [-0.4, -0.2) is 17.6 Å². The van der Waals surface area contributed by atoms with Crippen molar-refractivity contribution in [3.8, 4) is 0 Å². The molecule has 2 atom stereocenters. The van der Waals surface area contributed by atoms with Crippen LogP contribution in [0.1, 0.15) is 30.1 Å². The molecule has 1 aromatic heterocycles. The molecular formula is C22H20Cl2N2O2. The number of rotatable bonds is 7. The lowest BCUT2D eigenvalue weighted by molar-refractivity contribution is -0.145. The zero-order chi connectivity index (χ0) is 19.9. The van der Waals surface area contributed by atoms with Gasteiger partial charge in [0.25, 0.3) is 0 Å². The number of ether oxygens (including phenoxy) is 1. The number of pyridine rings is 1. The van der Waals surface area contributed by atoms with Gasteiger partial charge in [-0.3, -0.25) is 9.78 Å². The molecule has 0 amide bonds. The SMILES string of the molecule is CCOC(=O)[C@H](c1ccccc1)[C@@H](Nc1ccc(Cl)c(Cl)c1)c1ccccn1. The molecule has 144 valence electrons. The summed E-state index contributed by atoms with van der Waals surface area (Å²) in [5.74, 6) is -0.914. The van der Waals surface area contributed by atoms with Crippen molar-refractivity contribution < 1.29 is 9.53 Å². The second-order valence-electron chi connectivity index (χ2n) is 6.15. The van der Waals surface area contributed by atoms with E-state index in [9.17, 15) is 4.79 Å². The molecule has 0 aliphatic heterocycles. The average Bonchev–Trinajstić information content (AvgIpc) is 2.72. The second-order valence-corrected chi connectivity index (χ2v) is 6.96. The molecule has 0 spiro atoms. The third-order valence-electron chi connectivity index (χ3n) is 4.28. The van der Waals surface area contributed by atoms with Crippen LogP contribution in [0.3, 0.4) is 0 Å². The van der Waals surface area contributed by atoms with Crippen LogP contribution in [0.15, 0.2) is 72.9 Å². The van der Waals surface area contributed by atoms with E-state index in [2.05, 4.69) is 10.3 Å². The van der Waals surface area contributed by atoms with Gasteiger partial charge in [-0.25, -0.2) is 0 Å². The fourth-order valence-corrected chi connectivity index (χ4v) is 3.31. The van der Waals surface area contributed by atoms with E-state index >= 15 is 0 Å². The van der Waals surface area contributed by atoms with Gasteiger partial charge >= 0.3 is 5.97 Å². The van der Waals surface area contributed by atoms with Crippen molar-refractivity contribution in [3.63, 3.8) is 0 Å². The summed E-state index contributed by atoms with van der Waals surface area (Å²) in [6.45, 7) is 2.09. The van der Waals surface area contributed by atoms with Crippen molar-refractivity contribution in [2.24, 2.45) is 0 Å². The quantitative estimate of drug-likeness (QED) is 0.489. The maximum Gasteiger partial charge on any atom is 0.315 e. The van der Waals surface area contributed by atoms with E-state index < -0.39 is 12.0 Å². The first-order valence-electron chi connectivity index (χ1n) is 8.94. The Morgan fingerprint density at radius 3 is 2.43 bits per heavy atom. The van der Waals surface area contributed by atoms with E-state index in [0.29, 0.717) is 16.7 Å². The number of hydrogen-bond acceptors (Lipinski definition) is 4. The molecule has 0 unspecified atom stereocenters. The highest BCUT2D eigenvalue weighted by Crippen LogP contribution is 2.35. The number of carbonyl (C=O) groups excluding carboxylic acids is 1. The minimum absolute atomic E-state index is 0.296. The fraction of sp³-hybridized carbons (Fsp3) is 0.182. The molecule has 0 fully saturated rings. The number of carbonyl (C=O) groups is 1. The minimum Gasteiger partial charge on any atom is -0.465 e. The molecule has 3 rings (SSSR count). The molecule has 6 heteroatoms. The summed E-state index contributed by atoms with van der Waals surface area (Å²) in [4.78, 5) is 17.4. The molecule has 0 bridgehead atoms. The average molecular weight is 415 g/mol. The summed E-state index contributed by atoms with van der Waals surface area (Å²) >= 11 is 12.2. The first-order valence-corrected chi connectivity index (χ1v) is 9.70. The van der Waals surface area contributed by atoms with Gasteiger partial charge in [0.1, 0.15) is 5.92 Å². The van der Waals surface area contributed by atoms with Crippen molar-refractivity contribution in [2.75, 3.05) is 11.9 Å². The maximum absolute atomic E-state index is 12.9. The van der Waals surface area contributed by atoms with Crippen molar-refractivity contribution in [1.82, 2.24) is 4.98 Å². The Hall–Kier alpha value is -2.56. The molecule has 2 aromatic carbocycles. The van der Waals surface area contributed by atoms with E-state index in [-0.39, 0.29) is 5.97 Å². The highest BCUT2D eigenvalue weighted by Gasteiger charge is 2.33. The molecule has 1 heterocycles. The summed E-state index contributed by atoms with van der Waals surface area (Å²) in [7, 11) is 0. The highest BCUT2D eigenvalue weighted by molar-refractivity contribution is 6.42. The Kier molecular flexibility index (Phi) is 6.90. The van der Waals surface area contributed by atoms with Crippen LogP contribution in [-0.2, 0) is 9.53 Å². The van der Waals surface area contributed by atoms with E-state index in [1.807, 2.05) is 54.6 Å². The van der Waals surface area contributed by atoms with Crippen molar-refractivity contribution in [1.29, 1.82) is 0 Å². The molecule has 3 aromatic rings. The van der Waals surface area contributed by atoms with E-state index in [4.69, 9.17) is 27.9 Å². The third kappa shape index (κ3) is 4.83. The monoisotopic (exact) mass is 414 g/mol. The summed E-state index contributed by atoms with van der Waals surface area (Å²) in [5, 5.41) is 4.29. The lowest BCUT2D eigenvalue weighted by Gasteiger charge is -2.27. The Bertz CT molecular complexity index is 920. The maximum atomic E-state index is 12.9. The Balaban J connectivity index is 2.06. The number of esters is 1. The number of anilines is 1. The van der Waals surface area contributed by atoms with Crippen LogP contribution in [0, 0.1) is 0 Å². The van der Waals surface area contributed by atoms with Crippen molar-refractivity contribution in [2.45, 2.75) is 18.9 Å². The van der Waals surface area contributed by atoms with E-state index in [1.54, 1.807) is 25.3 Å². The van der Waals surface area contributed by atoms with Gasteiger partial charge in [0.2, 0.25) is 0 Å². The normalized spacial score (nSPS) is 12.8. The largest absolute Gasteiger partial charge is 0.465 e. The van der Waals surface area contributed by atoms with Crippen LogP contribution in [0.2, 0.25) is 10.0 Å². The lowest BCUT2D eigenvalue weighted by Crippen LogP contribution is -2.28. The van der Waals surface area contributed by atoms with Gasteiger partial charge in [-0.2, -0.15) is 0 Å². The van der Waals surface area contributed by atoms with E-state index in [1.165, 1.54) is 0 Å². The molecule has 1 N–H and O–H groups in total. The first kappa shape index (κ1) is 20.2. The summed E-state index contributed by atoms with van der Waals surface area (Å²) < 4.78 is 5.39. The third-order valence-corrected chi connectivity index (χ3v) is 5.02. The Morgan fingerprint density at radius 2 is 1.79 bits per heavy atom. The van der Waals surface area contributed by atoms with Gasteiger partial charge in [0, 0.05) is 11.9 Å². The second kappa shape index (κ2) is 9.58. The number of halogens is 2. The number of benzene rings is 2. The highest BCUT2D eigenvalue weighted by atomic mass is 35.5. The first-order chi connectivity index (χ1) is 13.6. The van der Waals surface area contributed by atoms with Crippen LogP contribution in [0.4, 0.5) is 5.69 Å². The molecule has 0 radical (unpaired) electrons. The molecule has 4 nitrogen and oxygen atoms in total. The Morgan fingerprint density at radius 1 is 1.04 bits per heavy atom. The van der Waals surface area contributed by atoms with Gasteiger partial charge in [-0.15, -0.1) is 0 Å². The van der Waals surface area contributed by atoms with Gasteiger partial charge in [-0.05, 0) is 42.8 Å². The van der Waals surface area contributed by atoms with Crippen molar-refractivity contribution in [3.05, 3.63) is 94.2 Å². The van der Waals surface area contributed by atoms with Crippen molar-refractivity contribution >= 4 is 34.9 Å². The molecule has 0 aliphatic rings. The predicted molar refractivity (Wildman–Crippen MR) is 113 cm³/mol. The Labute approximate surface area is 174 Å². The lowest BCUT2D eigenvalue weighted by atomic mass is 9.88. The topological polar surface area (TPSA) is 51.2 Å². The number of nitrogens with one attached hydrogen (secondary N) is 1. The predicted octanol–water partition coefficient (Wildman–Crippen LogP) is 5.89. The van der Waals surface area contributed by atoms with Crippen LogP contribution in [0.5, 0.6) is 0 Å². The number of nitrogens with zero attached hydrogens (tertiary/aromatic N) is 1. The molecule has 28 heavy (non-hydrogen) atoms. The zero-order valence-electron chi connectivity index (χ0n) is 15.3. The van der Waals surface area contributed by atoms with Gasteiger partial charge in [0.05, 0.1) is 28.4 Å². The summed E-state index contributed by atoms with van der Waals surface area (Å²) in [6.07, 6.45) is 1.70. The standard InChI is InChI=1S/C22H20Cl2N2O2/c1-2-28-22(27)20(15-8-4-3-5-9-15)21(19-10-6-7-13-25-19)26-16-11-12-17(23)18(24)14-16/h3-14,20-21,26H,2H2,1H3/t20-,21+/m1/s1. The molecule has 0 aliphatic carbocycles. The minimum atomic E-state index is -0.592. The van der Waals surface area contributed by atoms with Crippen LogP contribution >= 0.6 is 23.2 Å². The van der Waals surface area contributed by atoms with Gasteiger partial charge in [-0.1, -0.05) is 59.6 Å². The molecule has 0 saturated carbocycles. The molecular weight excluding hydrogens is 395 g/mol. The molecule has 0 saturated heterocycles. The van der Waals surface area contributed by atoms with Gasteiger partial charge in [0.15, 0.2) is 0 Å². The van der Waals surface area contributed by atoms with Crippen LogP contribution in [0.25, 0.3) is 0 Å². The summed E-state index contributed by atoms with van der Waals surface area (Å²) in [5.41, 5.74) is 2.29. The van der Waals surface area contributed by atoms with Crippen LogP contribution < -0.4 is 5.32 Å². The summed E-state index contributed by atoms with van der Waals surface area (Å²) in [6, 6.07) is 19.9. The van der Waals surface area contributed by atoms with Gasteiger partial charge < -0.3 is 10.1 Å². The zero-order valence-corrected chi connectivity index (χ0v) is 16.8.